The van der Waals surface area contributed by atoms with Gasteiger partial charge in [-0.1, -0.05) is 25.5 Å². The van der Waals surface area contributed by atoms with E-state index in [-0.39, 0.29) is 5.91 Å². The van der Waals surface area contributed by atoms with Gasteiger partial charge in [0.25, 0.3) is 0 Å². The number of carbonyl (C=O) groups is 1. The first-order valence-electron chi connectivity index (χ1n) is 6.31. The molecule has 0 saturated heterocycles. The van der Waals surface area contributed by atoms with Crippen molar-refractivity contribution in [3.63, 3.8) is 0 Å². The molecule has 0 bridgehead atoms. The molecule has 5 heteroatoms. The van der Waals surface area contributed by atoms with Crippen LogP contribution in [0.2, 0.25) is 12.6 Å². The van der Waals surface area contributed by atoms with E-state index in [1.54, 1.807) is 5.01 Å². The van der Waals surface area contributed by atoms with Gasteiger partial charge in [-0.15, -0.1) is 0 Å². The summed E-state index contributed by atoms with van der Waals surface area (Å²) in [5, 5.41) is 4.47. The summed E-state index contributed by atoms with van der Waals surface area (Å²) in [7, 11) is 2.29. The summed E-state index contributed by atoms with van der Waals surface area (Å²) >= 11 is 0. The van der Waals surface area contributed by atoms with Crippen LogP contribution in [0, 0.1) is 0 Å². The lowest BCUT2D eigenvalue weighted by atomic mass is 9.60. The van der Waals surface area contributed by atoms with E-state index in [4.69, 9.17) is 5.84 Å². The number of hydrogen-bond acceptors (Lipinski definition) is 3. The number of carbonyl (C=O) groups excluding carboxylic acids is 1. The summed E-state index contributed by atoms with van der Waals surface area (Å²) in [6, 6.07) is 0.398. The van der Waals surface area contributed by atoms with Crippen LogP contribution in [0.25, 0.3) is 0 Å². The average Bonchev–Trinajstić information content (AvgIpc) is 2.28. The lowest BCUT2D eigenvalue weighted by molar-refractivity contribution is -0.118. The highest BCUT2D eigenvalue weighted by Gasteiger charge is 2.22. The van der Waals surface area contributed by atoms with Crippen molar-refractivity contribution in [2.45, 2.75) is 58.2 Å². The number of hydrogen-bond donors (Lipinski definition) is 2. The average molecular weight is 236 g/mol. The van der Waals surface area contributed by atoms with Crippen LogP contribution in [0.5, 0.6) is 0 Å². The molecule has 0 atom stereocenters. The fraction of sp³-hybridized carbons (Fsp3) is 0.750. The van der Waals surface area contributed by atoms with Gasteiger partial charge in [0.2, 0.25) is 5.91 Å². The quantitative estimate of drug-likeness (QED) is 0.443. The molecule has 0 aromatic rings. The molecule has 0 heterocycles. The van der Waals surface area contributed by atoms with Crippen LogP contribution in [-0.4, -0.2) is 24.2 Å². The van der Waals surface area contributed by atoms with Gasteiger partial charge in [0, 0.05) is 24.9 Å². The Morgan fingerprint density at radius 3 is 2.41 bits per heavy atom. The normalized spacial score (nSPS) is 25.3. The molecule has 1 radical (unpaired) electrons. The summed E-state index contributed by atoms with van der Waals surface area (Å²) in [5.41, 5.74) is 0.796. The van der Waals surface area contributed by atoms with Crippen LogP contribution in [0.3, 0.4) is 0 Å². The number of rotatable bonds is 4. The summed E-state index contributed by atoms with van der Waals surface area (Å²) < 4.78 is 0. The fourth-order valence-corrected chi connectivity index (χ4v) is 2.37. The first-order valence-corrected chi connectivity index (χ1v) is 6.31. The molecule has 0 spiro atoms. The Hall–Kier alpha value is -0.965. The molecule has 0 aromatic heterocycles. The second-order valence-electron chi connectivity index (χ2n) is 4.84. The van der Waals surface area contributed by atoms with E-state index in [1.165, 1.54) is 19.8 Å². The van der Waals surface area contributed by atoms with Crippen molar-refractivity contribution in [2.24, 2.45) is 5.84 Å². The van der Waals surface area contributed by atoms with Gasteiger partial charge in [0.15, 0.2) is 0 Å². The highest BCUT2D eigenvalue weighted by Crippen LogP contribution is 2.30. The monoisotopic (exact) mass is 236 g/mol. The molecule has 1 saturated carbocycles. The third-order valence-corrected chi connectivity index (χ3v) is 3.35. The Balaban J connectivity index is 2.43. The molecule has 1 fully saturated rings. The summed E-state index contributed by atoms with van der Waals surface area (Å²) in [4.78, 5) is 10.9. The van der Waals surface area contributed by atoms with Crippen molar-refractivity contribution in [1.82, 2.24) is 10.3 Å². The van der Waals surface area contributed by atoms with E-state index in [9.17, 15) is 4.79 Å². The van der Waals surface area contributed by atoms with Gasteiger partial charge in [0.05, 0.1) is 0 Å². The third-order valence-electron chi connectivity index (χ3n) is 3.35. The molecule has 1 amide bonds. The van der Waals surface area contributed by atoms with Crippen LogP contribution in [0.15, 0.2) is 11.9 Å². The number of hydrazine groups is 1. The second kappa shape index (κ2) is 6.69. The highest BCUT2D eigenvalue weighted by molar-refractivity contribution is 6.35. The minimum absolute atomic E-state index is 0.0589. The SMILES string of the molecule is C[B]C1CCC(N(N)/C=C(\C)NC(C)=O)CC1. The lowest BCUT2D eigenvalue weighted by Gasteiger charge is -2.33. The lowest BCUT2D eigenvalue weighted by Crippen LogP contribution is -2.40. The van der Waals surface area contributed by atoms with Crippen molar-refractivity contribution >= 4 is 13.2 Å². The van der Waals surface area contributed by atoms with Crippen LogP contribution < -0.4 is 11.2 Å². The van der Waals surface area contributed by atoms with Crippen LogP contribution in [-0.2, 0) is 4.79 Å². The van der Waals surface area contributed by atoms with E-state index >= 15 is 0 Å². The van der Waals surface area contributed by atoms with Gasteiger partial charge in [-0.2, -0.15) is 0 Å². The van der Waals surface area contributed by atoms with Crippen molar-refractivity contribution in [3.8, 4) is 0 Å². The Bertz CT molecular complexity index is 285. The van der Waals surface area contributed by atoms with Crippen LogP contribution >= 0.6 is 0 Å². The maximum Gasteiger partial charge on any atom is 0.221 e. The molecular formula is C12H23BN3O. The largest absolute Gasteiger partial charge is 0.329 e. The summed E-state index contributed by atoms with van der Waals surface area (Å²) in [6.45, 7) is 5.49. The number of nitrogens with one attached hydrogen (secondary N) is 1. The molecule has 1 rings (SSSR count). The van der Waals surface area contributed by atoms with Gasteiger partial charge >= 0.3 is 0 Å². The maximum absolute atomic E-state index is 10.9. The van der Waals surface area contributed by atoms with Gasteiger partial charge < -0.3 is 10.3 Å². The number of nitrogens with zero attached hydrogens (tertiary/aromatic N) is 1. The molecule has 4 nitrogen and oxygen atoms in total. The molecule has 3 N–H and O–H groups in total. The van der Waals surface area contributed by atoms with Crippen LogP contribution in [0.1, 0.15) is 39.5 Å². The molecule has 95 valence electrons. The molecule has 0 unspecified atom stereocenters. The highest BCUT2D eigenvalue weighted by atomic mass is 16.1. The van der Waals surface area contributed by atoms with E-state index < -0.39 is 0 Å². The molecule has 17 heavy (non-hydrogen) atoms. The Morgan fingerprint density at radius 2 is 1.94 bits per heavy atom. The van der Waals surface area contributed by atoms with E-state index in [0.717, 1.165) is 24.4 Å². The van der Waals surface area contributed by atoms with Gasteiger partial charge in [-0.05, 0) is 19.8 Å². The molecule has 0 aliphatic heterocycles. The second-order valence-corrected chi connectivity index (χ2v) is 4.84. The molecule has 1 aliphatic carbocycles. The number of allylic oxidation sites excluding steroid dienone is 1. The predicted molar refractivity (Wildman–Crippen MR) is 71.2 cm³/mol. The zero-order chi connectivity index (χ0) is 12.8. The Kier molecular flexibility index (Phi) is 5.55. The maximum atomic E-state index is 10.9. The smallest absolute Gasteiger partial charge is 0.221 e. The zero-order valence-corrected chi connectivity index (χ0v) is 11.1. The Labute approximate surface area is 105 Å². The van der Waals surface area contributed by atoms with Gasteiger partial charge in [-0.3, -0.25) is 4.79 Å². The molecule has 1 aliphatic rings. The van der Waals surface area contributed by atoms with Crippen molar-refractivity contribution in [2.75, 3.05) is 0 Å². The first-order chi connectivity index (χ1) is 8.02. The zero-order valence-electron chi connectivity index (χ0n) is 11.1. The minimum atomic E-state index is -0.0589. The topological polar surface area (TPSA) is 58.4 Å². The summed E-state index contributed by atoms with van der Waals surface area (Å²) in [6.07, 6.45) is 6.48. The van der Waals surface area contributed by atoms with E-state index in [0.29, 0.717) is 6.04 Å². The van der Waals surface area contributed by atoms with Crippen molar-refractivity contribution in [1.29, 1.82) is 0 Å². The fourth-order valence-electron chi connectivity index (χ4n) is 2.37. The van der Waals surface area contributed by atoms with Crippen LogP contribution in [0.4, 0.5) is 0 Å². The molecule has 0 aromatic carbocycles. The minimum Gasteiger partial charge on any atom is -0.329 e. The molecular weight excluding hydrogens is 213 g/mol. The Morgan fingerprint density at radius 1 is 1.35 bits per heavy atom. The third kappa shape index (κ3) is 4.81. The summed E-state index contributed by atoms with van der Waals surface area (Å²) in [5.74, 6) is 6.70. The van der Waals surface area contributed by atoms with Gasteiger partial charge in [0.1, 0.15) is 7.28 Å². The first kappa shape index (κ1) is 14.1. The predicted octanol–water partition coefficient (Wildman–Crippen LogP) is 1.64. The standard InChI is InChI=1S/C12H23BN3O/c1-9(15-10(2)17)8-16(14)12-6-4-11(13-3)5-7-12/h8,11-12H,4-7,14H2,1-3H3,(H,15,17)/b9-8+. The van der Waals surface area contributed by atoms with E-state index in [1.807, 2.05) is 13.1 Å². The van der Waals surface area contributed by atoms with Gasteiger partial charge in [-0.25, -0.2) is 5.84 Å². The number of amides is 1. The van der Waals surface area contributed by atoms with Crippen molar-refractivity contribution < 1.29 is 4.79 Å². The van der Waals surface area contributed by atoms with Crippen molar-refractivity contribution in [3.05, 3.63) is 11.9 Å². The number of nitrogens with two attached hydrogens (primary N) is 1. The van der Waals surface area contributed by atoms with E-state index in [2.05, 4.69) is 19.4 Å².